The Hall–Kier alpha value is -1.94. The lowest BCUT2D eigenvalue weighted by Gasteiger charge is -2.38. The van der Waals surface area contributed by atoms with Crippen molar-refractivity contribution in [2.75, 3.05) is 18.6 Å². The van der Waals surface area contributed by atoms with Gasteiger partial charge in [-0.1, -0.05) is 6.07 Å². The Morgan fingerprint density at radius 3 is 2.67 bits per heavy atom. The lowest BCUT2D eigenvalue weighted by molar-refractivity contribution is -0.136. The Morgan fingerprint density at radius 1 is 1.41 bits per heavy atom. The molecule has 1 aromatic carbocycles. The average Bonchev–Trinajstić information content (AvgIpc) is 2.95. The van der Waals surface area contributed by atoms with Crippen LogP contribution in [-0.4, -0.2) is 50.0 Å². The van der Waals surface area contributed by atoms with Crippen LogP contribution in [0, 0.1) is 5.82 Å². The number of methoxy groups -OCH3 is 1. The Kier molecular flexibility index (Phi) is 5.31. The van der Waals surface area contributed by atoms with Crippen LogP contribution in [0.3, 0.4) is 0 Å². The maximum Gasteiger partial charge on any atom is 0.337 e. The zero-order valence-corrected chi connectivity index (χ0v) is 17.1. The van der Waals surface area contributed by atoms with Crippen LogP contribution in [0.2, 0.25) is 0 Å². The third-order valence-electron chi connectivity index (χ3n) is 4.78. The molecule has 7 nitrogen and oxygen atoms in total. The van der Waals surface area contributed by atoms with Gasteiger partial charge in [0.25, 0.3) is 0 Å². The van der Waals surface area contributed by atoms with Gasteiger partial charge in [0, 0.05) is 5.70 Å². The van der Waals surface area contributed by atoms with E-state index in [1.165, 1.54) is 30.2 Å². The van der Waals surface area contributed by atoms with Gasteiger partial charge in [0.05, 0.1) is 40.7 Å². The lowest BCUT2D eigenvalue weighted by atomic mass is 9.94. The monoisotopic (exact) mass is 460 g/mol. The number of carbonyl (C=O) groups excluding carboxylic acids is 2. The number of nitrogens with one attached hydrogen (secondary N) is 1. The number of ether oxygens (including phenoxy) is 1. The van der Waals surface area contributed by atoms with E-state index in [0.29, 0.717) is 17.7 Å². The van der Waals surface area contributed by atoms with Crippen LogP contribution >= 0.6 is 15.9 Å². The molecule has 10 heteroatoms. The molecule has 0 radical (unpaired) electrons. The van der Waals surface area contributed by atoms with Crippen molar-refractivity contribution in [1.29, 1.82) is 0 Å². The van der Waals surface area contributed by atoms with Crippen LogP contribution in [0.4, 0.5) is 9.18 Å². The Bertz CT molecular complexity index is 947. The summed E-state index contributed by atoms with van der Waals surface area (Å²) in [6.45, 7) is 1.58. The Morgan fingerprint density at radius 2 is 2.11 bits per heavy atom. The maximum absolute atomic E-state index is 13.6. The highest BCUT2D eigenvalue weighted by molar-refractivity contribution is 9.10. The largest absolute Gasteiger partial charge is 0.466 e. The van der Waals surface area contributed by atoms with Gasteiger partial charge < -0.3 is 10.1 Å². The standard InChI is InChI=1S/C17H18BrFN2O5S/c1-9-14(16(22)26-2)15(10-3-4-13(19)12(18)7-10)20-17(23)21(9)11-5-6-27(24,25)8-11/h3-4,7,11,15H,5-6,8H2,1-2H3,(H,20,23)/t11-,15+/m0/s1. The number of hydrogen-bond acceptors (Lipinski definition) is 5. The molecule has 0 spiro atoms. The molecule has 1 N–H and O–H groups in total. The van der Waals surface area contributed by atoms with Crippen molar-refractivity contribution in [3.8, 4) is 0 Å². The topological polar surface area (TPSA) is 92.8 Å². The number of allylic oxidation sites excluding steroid dienone is 1. The molecule has 2 heterocycles. The summed E-state index contributed by atoms with van der Waals surface area (Å²) in [5.74, 6) is -1.28. The van der Waals surface area contributed by atoms with Crippen molar-refractivity contribution < 1.29 is 27.1 Å². The average molecular weight is 461 g/mol. The number of amides is 2. The van der Waals surface area contributed by atoms with Crippen LogP contribution in [0.15, 0.2) is 33.9 Å². The van der Waals surface area contributed by atoms with Crippen LogP contribution in [0.5, 0.6) is 0 Å². The van der Waals surface area contributed by atoms with E-state index in [2.05, 4.69) is 21.2 Å². The van der Waals surface area contributed by atoms with Crippen LogP contribution < -0.4 is 5.32 Å². The van der Waals surface area contributed by atoms with Crippen molar-refractivity contribution in [2.45, 2.75) is 25.4 Å². The van der Waals surface area contributed by atoms with Gasteiger partial charge in [-0.05, 0) is 47.0 Å². The summed E-state index contributed by atoms with van der Waals surface area (Å²) in [4.78, 5) is 26.5. The second kappa shape index (κ2) is 7.23. The van der Waals surface area contributed by atoms with E-state index in [-0.39, 0.29) is 21.6 Å². The predicted octanol–water partition coefficient (Wildman–Crippen LogP) is 2.29. The summed E-state index contributed by atoms with van der Waals surface area (Å²) < 4.78 is 42.3. The molecule has 2 aliphatic rings. The van der Waals surface area contributed by atoms with E-state index in [4.69, 9.17) is 4.74 Å². The molecule has 0 unspecified atom stereocenters. The number of halogens is 2. The van der Waals surface area contributed by atoms with Gasteiger partial charge in [0.15, 0.2) is 9.84 Å². The molecular weight excluding hydrogens is 443 g/mol. The highest BCUT2D eigenvalue weighted by atomic mass is 79.9. The fourth-order valence-electron chi connectivity index (χ4n) is 3.49. The van der Waals surface area contributed by atoms with Crippen molar-refractivity contribution in [2.24, 2.45) is 0 Å². The van der Waals surface area contributed by atoms with Gasteiger partial charge in [-0.15, -0.1) is 0 Å². The number of benzene rings is 1. The summed E-state index contributed by atoms with van der Waals surface area (Å²) in [6.07, 6.45) is 0.300. The molecular formula is C17H18BrFN2O5S. The summed E-state index contributed by atoms with van der Waals surface area (Å²) in [5.41, 5.74) is 1.01. The minimum Gasteiger partial charge on any atom is -0.466 e. The first kappa shape index (κ1) is 19.8. The Balaban J connectivity index is 2.08. The highest BCUT2D eigenvalue weighted by Gasteiger charge is 2.42. The van der Waals surface area contributed by atoms with E-state index < -0.39 is 39.7 Å². The van der Waals surface area contributed by atoms with Crippen LogP contribution in [-0.2, 0) is 19.4 Å². The summed E-state index contributed by atoms with van der Waals surface area (Å²) in [6, 6.07) is 2.29. The van der Waals surface area contributed by atoms with Gasteiger partial charge in [-0.2, -0.15) is 0 Å². The summed E-state index contributed by atoms with van der Waals surface area (Å²) >= 11 is 3.10. The number of esters is 1. The molecule has 0 saturated carbocycles. The van der Waals surface area contributed by atoms with Gasteiger partial charge in [0.1, 0.15) is 5.82 Å². The van der Waals surface area contributed by atoms with Gasteiger partial charge in [-0.25, -0.2) is 22.4 Å². The first-order valence-electron chi connectivity index (χ1n) is 8.19. The third-order valence-corrected chi connectivity index (χ3v) is 7.14. The number of carbonyl (C=O) groups is 2. The molecule has 27 heavy (non-hydrogen) atoms. The van der Waals surface area contributed by atoms with Crippen molar-refractivity contribution in [3.63, 3.8) is 0 Å². The zero-order chi connectivity index (χ0) is 19.9. The van der Waals surface area contributed by atoms with Crippen molar-refractivity contribution in [1.82, 2.24) is 10.2 Å². The molecule has 2 atom stereocenters. The smallest absolute Gasteiger partial charge is 0.337 e. The minimum absolute atomic E-state index is 0.00335. The molecule has 0 bridgehead atoms. The molecule has 1 aromatic rings. The molecule has 2 amide bonds. The predicted molar refractivity (Wildman–Crippen MR) is 99.0 cm³/mol. The fourth-order valence-corrected chi connectivity index (χ4v) is 5.59. The lowest BCUT2D eigenvalue weighted by Crippen LogP contribution is -2.52. The summed E-state index contributed by atoms with van der Waals surface area (Å²) in [7, 11) is -2.00. The third kappa shape index (κ3) is 3.73. The van der Waals surface area contributed by atoms with Crippen LogP contribution in [0.25, 0.3) is 0 Å². The van der Waals surface area contributed by atoms with Crippen LogP contribution in [0.1, 0.15) is 24.9 Å². The fraction of sp³-hybridized carbons (Fsp3) is 0.412. The number of rotatable bonds is 3. The molecule has 0 aliphatic carbocycles. The second-order valence-corrected chi connectivity index (χ2v) is 9.56. The molecule has 1 saturated heterocycles. The van der Waals surface area contributed by atoms with Crippen molar-refractivity contribution >= 4 is 37.8 Å². The van der Waals surface area contributed by atoms with Crippen molar-refractivity contribution in [3.05, 3.63) is 45.3 Å². The molecule has 0 aromatic heterocycles. The van der Waals surface area contributed by atoms with Gasteiger partial charge >= 0.3 is 12.0 Å². The van der Waals surface area contributed by atoms with E-state index in [9.17, 15) is 22.4 Å². The molecule has 3 rings (SSSR count). The van der Waals surface area contributed by atoms with E-state index >= 15 is 0 Å². The molecule has 2 aliphatic heterocycles. The van der Waals surface area contributed by atoms with Gasteiger partial charge in [0.2, 0.25) is 0 Å². The first-order chi connectivity index (χ1) is 12.6. The minimum atomic E-state index is -3.22. The zero-order valence-electron chi connectivity index (χ0n) is 14.7. The number of hydrogen-bond donors (Lipinski definition) is 1. The maximum atomic E-state index is 13.6. The second-order valence-electron chi connectivity index (χ2n) is 6.47. The molecule has 146 valence electrons. The normalized spacial score (nSPS) is 24.7. The highest BCUT2D eigenvalue weighted by Crippen LogP contribution is 2.35. The number of urea groups is 1. The first-order valence-corrected chi connectivity index (χ1v) is 10.8. The summed E-state index contributed by atoms with van der Waals surface area (Å²) in [5, 5.41) is 2.72. The number of sulfone groups is 1. The molecule has 1 fully saturated rings. The van der Waals surface area contributed by atoms with Gasteiger partial charge in [-0.3, -0.25) is 4.90 Å². The number of nitrogens with zero attached hydrogens (tertiary/aromatic N) is 1. The Labute approximate surface area is 164 Å². The van der Waals surface area contributed by atoms with E-state index in [0.717, 1.165) is 0 Å². The van der Waals surface area contributed by atoms with E-state index in [1.54, 1.807) is 6.92 Å². The SMILES string of the molecule is COC(=O)C1=C(C)N([C@H]2CCS(=O)(=O)C2)C(=O)N[C@@H]1c1ccc(F)c(Br)c1. The quantitative estimate of drug-likeness (QED) is 0.698. The van der Waals surface area contributed by atoms with E-state index in [1.807, 2.05) is 0 Å².